The van der Waals surface area contributed by atoms with Crippen LogP contribution in [0.2, 0.25) is 0 Å². The van der Waals surface area contributed by atoms with Crippen LogP contribution in [-0.4, -0.2) is 43.8 Å². The average molecular weight is 276 g/mol. The predicted octanol–water partition coefficient (Wildman–Crippen LogP) is 2.65. The summed E-state index contributed by atoms with van der Waals surface area (Å²) in [5.74, 6) is -0.312. The highest BCUT2D eigenvalue weighted by atomic mass is 19.4. The molecule has 5 heteroatoms. The van der Waals surface area contributed by atoms with Gasteiger partial charge in [0.25, 0.3) is 0 Å². The molecule has 0 amide bonds. The Kier molecular flexibility index (Phi) is 3.54. The smallest absolute Gasteiger partial charge is 0.317 e. The van der Waals surface area contributed by atoms with Crippen LogP contribution in [0.3, 0.4) is 0 Å². The predicted molar refractivity (Wildman–Crippen MR) is 67.9 cm³/mol. The first-order valence-corrected chi connectivity index (χ1v) is 7.49. The number of halogens is 3. The Morgan fingerprint density at radius 1 is 1.11 bits per heavy atom. The van der Waals surface area contributed by atoms with Crippen LogP contribution in [0.4, 0.5) is 13.2 Å². The maximum atomic E-state index is 12.6. The molecule has 19 heavy (non-hydrogen) atoms. The standard InChI is InChI=1S/C14H23F3N2/c15-14(16,17)11-1-7-19(8-2-11)10-12-9-13(12)3-5-18-6-4-13/h11-12,18H,1-10H2. The molecule has 3 fully saturated rings. The maximum Gasteiger partial charge on any atom is 0.391 e. The van der Waals surface area contributed by atoms with E-state index in [0.29, 0.717) is 31.3 Å². The van der Waals surface area contributed by atoms with E-state index in [1.807, 2.05) is 0 Å². The minimum atomic E-state index is -3.98. The monoisotopic (exact) mass is 276 g/mol. The van der Waals surface area contributed by atoms with Gasteiger partial charge < -0.3 is 10.2 Å². The molecule has 0 aromatic carbocycles. The second-order valence-electron chi connectivity index (χ2n) is 6.63. The summed E-state index contributed by atoms with van der Waals surface area (Å²) >= 11 is 0. The Hall–Kier alpha value is -0.290. The topological polar surface area (TPSA) is 15.3 Å². The summed E-state index contributed by atoms with van der Waals surface area (Å²) in [5.41, 5.74) is 0.548. The average Bonchev–Trinajstić information content (AvgIpc) is 3.01. The van der Waals surface area contributed by atoms with Gasteiger partial charge in [-0.05, 0) is 69.6 Å². The quantitative estimate of drug-likeness (QED) is 0.834. The lowest BCUT2D eigenvalue weighted by atomic mass is 9.91. The zero-order valence-electron chi connectivity index (χ0n) is 11.3. The number of piperidine rings is 2. The molecule has 3 aliphatic rings. The minimum Gasteiger partial charge on any atom is -0.317 e. The van der Waals surface area contributed by atoms with Crippen molar-refractivity contribution in [1.82, 2.24) is 10.2 Å². The Bertz CT molecular complexity index is 315. The maximum absolute atomic E-state index is 12.6. The second-order valence-corrected chi connectivity index (χ2v) is 6.63. The lowest BCUT2D eigenvalue weighted by Gasteiger charge is -2.34. The fraction of sp³-hybridized carbons (Fsp3) is 1.00. The molecular weight excluding hydrogens is 253 g/mol. The van der Waals surface area contributed by atoms with Gasteiger partial charge in [0.15, 0.2) is 0 Å². The van der Waals surface area contributed by atoms with Gasteiger partial charge in [-0.1, -0.05) is 0 Å². The van der Waals surface area contributed by atoms with E-state index < -0.39 is 12.1 Å². The van der Waals surface area contributed by atoms with Crippen LogP contribution in [0.1, 0.15) is 32.1 Å². The molecule has 1 unspecified atom stereocenters. The van der Waals surface area contributed by atoms with Gasteiger partial charge in [0.1, 0.15) is 0 Å². The van der Waals surface area contributed by atoms with Crippen LogP contribution < -0.4 is 5.32 Å². The molecular formula is C14H23F3N2. The Morgan fingerprint density at radius 2 is 1.74 bits per heavy atom. The number of rotatable bonds is 2. The van der Waals surface area contributed by atoms with Crippen LogP contribution in [0.25, 0.3) is 0 Å². The molecule has 1 N–H and O–H groups in total. The van der Waals surface area contributed by atoms with E-state index in [-0.39, 0.29) is 0 Å². The summed E-state index contributed by atoms with van der Waals surface area (Å²) in [5, 5.41) is 3.39. The number of alkyl halides is 3. The molecule has 1 atom stereocenters. The van der Waals surface area contributed by atoms with Crippen LogP contribution in [0.5, 0.6) is 0 Å². The first-order valence-electron chi connectivity index (χ1n) is 7.49. The van der Waals surface area contributed by atoms with Crippen molar-refractivity contribution in [3.63, 3.8) is 0 Å². The highest BCUT2D eigenvalue weighted by molar-refractivity contribution is 5.05. The molecule has 1 saturated carbocycles. The van der Waals surface area contributed by atoms with E-state index in [1.165, 1.54) is 19.3 Å². The normalized spacial score (nSPS) is 32.7. The van der Waals surface area contributed by atoms with Gasteiger partial charge in [-0.25, -0.2) is 0 Å². The molecule has 110 valence electrons. The van der Waals surface area contributed by atoms with E-state index in [2.05, 4.69) is 10.2 Å². The molecule has 3 rings (SSSR count). The van der Waals surface area contributed by atoms with Crippen LogP contribution >= 0.6 is 0 Å². The van der Waals surface area contributed by atoms with Gasteiger partial charge >= 0.3 is 6.18 Å². The molecule has 1 spiro atoms. The summed E-state index contributed by atoms with van der Waals surface area (Å²) in [4.78, 5) is 2.27. The van der Waals surface area contributed by atoms with E-state index in [9.17, 15) is 13.2 Å². The van der Waals surface area contributed by atoms with Gasteiger partial charge in [-0.3, -0.25) is 0 Å². The summed E-state index contributed by atoms with van der Waals surface area (Å²) in [7, 11) is 0. The fourth-order valence-electron chi connectivity index (χ4n) is 3.98. The molecule has 0 radical (unpaired) electrons. The molecule has 2 nitrogen and oxygen atoms in total. The van der Waals surface area contributed by atoms with Gasteiger partial charge in [0.05, 0.1) is 5.92 Å². The zero-order valence-corrected chi connectivity index (χ0v) is 11.3. The highest BCUT2D eigenvalue weighted by Crippen LogP contribution is 2.58. The van der Waals surface area contributed by atoms with Crippen molar-refractivity contribution in [3.05, 3.63) is 0 Å². The summed E-state index contributed by atoms with van der Waals surface area (Å²) in [6, 6.07) is 0. The van der Waals surface area contributed by atoms with Crippen molar-refractivity contribution in [2.24, 2.45) is 17.3 Å². The third kappa shape index (κ3) is 2.92. The number of likely N-dealkylation sites (tertiary alicyclic amines) is 1. The van der Waals surface area contributed by atoms with Crippen LogP contribution in [-0.2, 0) is 0 Å². The van der Waals surface area contributed by atoms with E-state index >= 15 is 0 Å². The zero-order chi connectivity index (χ0) is 13.5. The Labute approximate surface area is 112 Å². The fourth-order valence-corrected chi connectivity index (χ4v) is 3.98. The van der Waals surface area contributed by atoms with E-state index in [1.54, 1.807) is 0 Å². The number of nitrogens with one attached hydrogen (secondary N) is 1. The number of hydrogen-bond acceptors (Lipinski definition) is 2. The number of nitrogens with zero attached hydrogens (tertiary/aromatic N) is 1. The highest BCUT2D eigenvalue weighted by Gasteiger charge is 2.54. The second kappa shape index (κ2) is 4.92. The van der Waals surface area contributed by atoms with E-state index in [0.717, 1.165) is 25.6 Å². The van der Waals surface area contributed by atoms with Crippen LogP contribution in [0, 0.1) is 17.3 Å². The number of hydrogen-bond donors (Lipinski definition) is 1. The molecule has 2 aliphatic heterocycles. The lowest BCUT2D eigenvalue weighted by molar-refractivity contribution is -0.185. The first kappa shape index (κ1) is 13.7. The lowest BCUT2D eigenvalue weighted by Crippen LogP contribution is -2.40. The molecule has 1 aliphatic carbocycles. The molecule has 2 heterocycles. The molecule has 0 aromatic heterocycles. The van der Waals surface area contributed by atoms with Crippen molar-refractivity contribution in [1.29, 1.82) is 0 Å². The van der Waals surface area contributed by atoms with Gasteiger partial charge in [-0.2, -0.15) is 13.2 Å². The third-order valence-corrected chi connectivity index (χ3v) is 5.49. The molecule has 0 bridgehead atoms. The third-order valence-electron chi connectivity index (χ3n) is 5.49. The Balaban J connectivity index is 1.44. The summed E-state index contributed by atoms with van der Waals surface area (Å²) in [6.45, 7) is 4.54. The van der Waals surface area contributed by atoms with Crippen molar-refractivity contribution < 1.29 is 13.2 Å². The van der Waals surface area contributed by atoms with Crippen LogP contribution in [0.15, 0.2) is 0 Å². The van der Waals surface area contributed by atoms with Crippen molar-refractivity contribution >= 4 is 0 Å². The van der Waals surface area contributed by atoms with Gasteiger partial charge in [0.2, 0.25) is 0 Å². The molecule has 2 saturated heterocycles. The first-order chi connectivity index (χ1) is 9.00. The van der Waals surface area contributed by atoms with Crippen molar-refractivity contribution in [2.45, 2.75) is 38.3 Å². The largest absolute Gasteiger partial charge is 0.391 e. The van der Waals surface area contributed by atoms with Crippen molar-refractivity contribution in [2.75, 3.05) is 32.7 Å². The van der Waals surface area contributed by atoms with E-state index in [4.69, 9.17) is 0 Å². The van der Waals surface area contributed by atoms with Gasteiger partial charge in [0, 0.05) is 6.54 Å². The summed E-state index contributed by atoms with van der Waals surface area (Å²) in [6.07, 6.45) is 0.429. The SMILES string of the molecule is FC(F)(F)C1CCN(CC2CC23CCNCC3)CC1. The van der Waals surface area contributed by atoms with Crippen molar-refractivity contribution in [3.8, 4) is 0 Å². The molecule has 0 aromatic rings. The minimum absolute atomic E-state index is 0.296. The summed E-state index contributed by atoms with van der Waals surface area (Å²) < 4.78 is 37.8. The van der Waals surface area contributed by atoms with Gasteiger partial charge in [-0.15, -0.1) is 0 Å². The Morgan fingerprint density at radius 3 is 2.32 bits per heavy atom.